The van der Waals surface area contributed by atoms with Crippen LogP contribution >= 0.6 is 0 Å². The van der Waals surface area contributed by atoms with Crippen molar-refractivity contribution in [1.29, 1.82) is 0 Å². The maximum absolute atomic E-state index is 12.5. The van der Waals surface area contributed by atoms with Crippen LogP contribution in [0.25, 0.3) is 0 Å². The van der Waals surface area contributed by atoms with E-state index in [1.807, 2.05) is 32.0 Å². The first kappa shape index (κ1) is 17.5. The highest BCUT2D eigenvalue weighted by Gasteiger charge is 2.42. The predicted octanol–water partition coefficient (Wildman–Crippen LogP) is 1.16. The van der Waals surface area contributed by atoms with Gasteiger partial charge in [-0.2, -0.15) is 0 Å². The molecule has 3 amide bonds. The Hall–Kier alpha value is -2.37. The van der Waals surface area contributed by atoms with Crippen LogP contribution in [-0.2, 0) is 9.59 Å². The van der Waals surface area contributed by atoms with Gasteiger partial charge in [0.15, 0.2) is 0 Å². The highest BCUT2D eigenvalue weighted by Crippen LogP contribution is 2.35. The molecular formula is C19H25N3O3. The lowest BCUT2D eigenvalue weighted by Crippen LogP contribution is -2.50. The number of piperidine rings is 1. The zero-order valence-electron chi connectivity index (χ0n) is 14.9. The van der Waals surface area contributed by atoms with Crippen LogP contribution in [0.4, 0.5) is 0 Å². The average molecular weight is 343 g/mol. The van der Waals surface area contributed by atoms with Gasteiger partial charge in [0.05, 0.1) is 6.54 Å². The number of likely N-dealkylation sites (tertiary alicyclic amines) is 1. The Bertz CT molecular complexity index is 696. The molecule has 2 N–H and O–H groups in total. The van der Waals surface area contributed by atoms with Crippen LogP contribution in [0.2, 0.25) is 0 Å². The van der Waals surface area contributed by atoms with E-state index in [1.165, 1.54) is 0 Å². The quantitative estimate of drug-likeness (QED) is 0.864. The van der Waals surface area contributed by atoms with Crippen molar-refractivity contribution in [2.45, 2.75) is 33.1 Å². The molecule has 2 saturated heterocycles. The lowest BCUT2D eigenvalue weighted by Gasteiger charge is -2.39. The van der Waals surface area contributed by atoms with Gasteiger partial charge in [0, 0.05) is 37.0 Å². The molecule has 6 heteroatoms. The fraction of sp³-hybridized carbons (Fsp3) is 0.526. The van der Waals surface area contributed by atoms with E-state index in [-0.39, 0.29) is 29.7 Å². The third kappa shape index (κ3) is 4.00. The molecule has 0 saturated carbocycles. The number of hydrogen-bond acceptors (Lipinski definition) is 3. The summed E-state index contributed by atoms with van der Waals surface area (Å²) >= 11 is 0. The van der Waals surface area contributed by atoms with Crippen LogP contribution in [0.5, 0.6) is 0 Å². The van der Waals surface area contributed by atoms with Gasteiger partial charge in [-0.25, -0.2) is 0 Å². The van der Waals surface area contributed by atoms with Crippen LogP contribution in [0, 0.1) is 19.3 Å². The number of rotatable bonds is 3. The molecule has 0 bridgehead atoms. The molecule has 2 fully saturated rings. The second-order valence-corrected chi connectivity index (χ2v) is 7.43. The minimum Gasteiger partial charge on any atom is -0.355 e. The van der Waals surface area contributed by atoms with E-state index in [9.17, 15) is 14.4 Å². The SMILES string of the molecule is Cc1cc(C)cc(C(=O)NCC(=O)N2CCCC3(CNC(=O)C3)C2)c1. The first-order chi connectivity index (χ1) is 11.9. The summed E-state index contributed by atoms with van der Waals surface area (Å²) in [7, 11) is 0. The van der Waals surface area contributed by atoms with Gasteiger partial charge < -0.3 is 15.5 Å². The minimum absolute atomic E-state index is 0.0106. The zero-order chi connectivity index (χ0) is 18.0. The topological polar surface area (TPSA) is 78.5 Å². The molecule has 1 atom stereocenters. The van der Waals surface area contributed by atoms with E-state index in [0.29, 0.717) is 31.6 Å². The molecule has 2 heterocycles. The number of carbonyl (C=O) groups is 3. The molecule has 134 valence electrons. The normalized spacial score (nSPS) is 22.8. The molecule has 1 unspecified atom stereocenters. The van der Waals surface area contributed by atoms with E-state index in [2.05, 4.69) is 10.6 Å². The number of nitrogens with zero attached hydrogens (tertiary/aromatic N) is 1. The number of carbonyl (C=O) groups excluding carboxylic acids is 3. The molecule has 1 aromatic rings. The van der Waals surface area contributed by atoms with Gasteiger partial charge in [-0.3, -0.25) is 14.4 Å². The Balaban J connectivity index is 1.57. The summed E-state index contributed by atoms with van der Waals surface area (Å²) in [5.41, 5.74) is 2.49. The standard InChI is InChI=1S/C19H25N3O3/c1-13-6-14(2)8-15(7-13)18(25)20-10-17(24)22-5-3-4-19(12-22)9-16(23)21-11-19/h6-8H,3-5,9-12H2,1-2H3,(H,20,25)(H,21,23). The molecule has 25 heavy (non-hydrogen) atoms. The van der Waals surface area contributed by atoms with Crippen LogP contribution in [0.3, 0.4) is 0 Å². The molecule has 3 rings (SSSR count). The van der Waals surface area contributed by atoms with Crippen molar-refractivity contribution in [3.63, 3.8) is 0 Å². The molecular weight excluding hydrogens is 318 g/mol. The summed E-state index contributed by atoms with van der Waals surface area (Å²) in [5.74, 6) is -0.252. The first-order valence-corrected chi connectivity index (χ1v) is 8.78. The second kappa shape index (κ2) is 6.86. The summed E-state index contributed by atoms with van der Waals surface area (Å²) in [6.07, 6.45) is 2.35. The Labute approximate surface area is 148 Å². The van der Waals surface area contributed by atoms with Gasteiger partial charge in [-0.05, 0) is 38.8 Å². The third-order valence-corrected chi connectivity index (χ3v) is 5.09. The lowest BCUT2D eigenvalue weighted by molar-refractivity contribution is -0.134. The van der Waals surface area contributed by atoms with E-state index >= 15 is 0 Å². The fourth-order valence-corrected chi connectivity index (χ4v) is 3.94. The molecule has 0 radical (unpaired) electrons. The highest BCUT2D eigenvalue weighted by atomic mass is 16.2. The third-order valence-electron chi connectivity index (χ3n) is 5.09. The lowest BCUT2D eigenvalue weighted by atomic mass is 9.79. The largest absolute Gasteiger partial charge is 0.355 e. The number of aryl methyl sites for hydroxylation is 2. The van der Waals surface area contributed by atoms with Crippen LogP contribution in [-0.4, -0.2) is 48.8 Å². The Morgan fingerprint density at radius 3 is 2.60 bits per heavy atom. The van der Waals surface area contributed by atoms with Crippen molar-refractivity contribution in [3.8, 4) is 0 Å². The van der Waals surface area contributed by atoms with Crippen molar-refractivity contribution < 1.29 is 14.4 Å². The van der Waals surface area contributed by atoms with Crippen molar-refractivity contribution in [2.24, 2.45) is 5.41 Å². The number of benzene rings is 1. The maximum Gasteiger partial charge on any atom is 0.251 e. The van der Waals surface area contributed by atoms with E-state index < -0.39 is 0 Å². The van der Waals surface area contributed by atoms with Gasteiger partial charge in [0.1, 0.15) is 0 Å². The highest BCUT2D eigenvalue weighted by molar-refractivity contribution is 5.96. The summed E-state index contributed by atoms with van der Waals surface area (Å²) in [6.45, 7) is 5.80. The maximum atomic E-state index is 12.5. The molecule has 6 nitrogen and oxygen atoms in total. The second-order valence-electron chi connectivity index (χ2n) is 7.43. The average Bonchev–Trinajstić information content (AvgIpc) is 2.91. The van der Waals surface area contributed by atoms with Crippen LogP contribution < -0.4 is 10.6 Å². The Morgan fingerprint density at radius 2 is 1.96 bits per heavy atom. The van der Waals surface area contributed by atoms with Gasteiger partial charge in [-0.15, -0.1) is 0 Å². The predicted molar refractivity (Wildman–Crippen MR) is 94.1 cm³/mol. The van der Waals surface area contributed by atoms with E-state index in [1.54, 1.807) is 4.90 Å². The van der Waals surface area contributed by atoms with Crippen LogP contribution in [0.15, 0.2) is 18.2 Å². The Kier molecular flexibility index (Phi) is 4.79. The van der Waals surface area contributed by atoms with Crippen molar-refractivity contribution in [2.75, 3.05) is 26.2 Å². The molecule has 2 aliphatic rings. The van der Waals surface area contributed by atoms with E-state index in [0.717, 1.165) is 24.0 Å². The van der Waals surface area contributed by atoms with Gasteiger partial charge in [0.2, 0.25) is 11.8 Å². The van der Waals surface area contributed by atoms with Crippen molar-refractivity contribution >= 4 is 17.7 Å². The van der Waals surface area contributed by atoms with Gasteiger partial charge in [-0.1, -0.05) is 17.2 Å². The van der Waals surface area contributed by atoms with Gasteiger partial charge in [0.25, 0.3) is 5.91 Å². The number of hydrogen-bond donors (Lipinski definition) is 2. The molecule has 2 aliphatic heterocycles. The summed E-state index contributed by atoms with van der Waals surface area (Å²) in [5, 5.41) is 5.60. The molecule has 1 spiro atoms. The molecule has 1 aromatic carbocycles. The number of nitrogens with one attached hydrogen (secondary N) is 2. The summed E-state index contributed by atoms with van der Waals surface area (Å²) in [6, 6.07) is 5.64. The van der Waals surface area contributed by atoms with E-state index in [4.69, 9.17) is 0 Å². The molecule has 0 aliphatic carbocycles. The van der Waals surface area contributed by atoms with Crippen molar-refractivity contribution in [3.05, 3.63) is 34.9 Å². The molecule has 0 aromatic heterocycles. The zero-order valence-corrected chi connectivity index (χ0v) is 14.9. The summed E-state index contributed by atoms with van der Waals surface area (Å²) in [4.78, 5) is 38.1. The fourth-order valence-electron chi connectivity index (χ4n) is 3.94. The Morgan fingerprint density at radius 1 is 1.24 bits per heavy atom. The number of amides is 3. The van der Waals surface area contributed by atoms with Crippen LogP contribution in [0.1, 0.15) is 40.7 Å². The van der Waals surface area contributed by atoms with Gasteiger partial charge >= 0.3 is 0 Å². The first-order valence-electron chi connectivity index (χ1n) is 8.78. The monoisotopic (exact) mass is 343 g/mol. The summed E-state index contributed by atoms with van der Waals surface area (Å²) < 4.78 is 0. The minimum atomic E-state index is -0.232. The van der Waals surface area contributed by atoms with Crippen molar-refractivity contribution in [1.82, 2.24) is 15.5 Å². The smallest absolute Gasteiger partial charge is 0.251 e.